The van der Waals surface area contributed by atoms with E-state index in [1.54, 1.807) is 14.2 Å². The highest BCUT2D eigenvalue weighted by atomic mass is 127. The molecule has 23 heavy (non-hydrogen) atoms. The summed E-state index contributed by atoms with van der Waals surface area (Å²) in [4.78, 5) is 4.27. The number of fused-ring (bicyclic) bond motifs is 1. The maximum atomic E-state index is 5.70. The molecule has 0 spiro atoms. The topological polar surface area (TPSA) is 54.9 Å². The number of nitrogens with zero attached hydrogens (tertiary/aromatic N) is 1. The minimum atomic E-state index is -0.219. The lowest BCUT2D eigenvalue weighted by Crippen LogP contribution is -2.46. The van der Waals surface area contributed by atoms with Crippen molar-refractivity contribution in [3.63, 3.8) is 0 Å². The molecule has 1 aliphatic heterocycles. The first kappa shape index (κ1) is 20.0. The van der Waals surface area contributed by atoms with Gasteiger partial charge in [-0.25, -0.2) is 0 Å². The molecule has 1 aliphatic rings. The monoisotopic (exact) mass is 433 g/mol. The van der Waals surface area contributed by atoms with Gasteiger partial charge in [0.2, 0.25) is 0 Å². The lowest BCUT2D eigenvalue weighted by Gasteiger charge is -2.28. The standard InChI is InChI=1S/C17H27N3O2.HI/c1-17(2,21-4)12-20-16(18-3)19-11-13-9-10-22-15-8-6-5-7-14(13)15;/h5-8,13H,9-12H2,1-4H3,(H2,18,19,20);1H. The van der Waals surface area contributed by atoms with Crippen LogP contribution in [0.1, 0.15) is 31.7 Å². The van der Waals surface area contributed by atoms with E-state index >= 15 is 0 Å². The van der Waals surface area contributed by atoms with Gasteiger partial charge in [0.25, 0.3) is 0 Å². The number of nitrogens with one attached hydrogen (secondary N) is 2. The van der Waals surface area contributed by atoms with Crippen molar-refractivity contribution in [1.29, 1.82) is 0 Å². The number of guanidine groups is 1. The first-order chi connectivity index (χ1) is 10.6. The van der Waals surface area contributed by atoms with Gasteiger partial charge in [0.1, 0.15) is 5.75 Å². The molecule has 2 rings (SSSR count). The molecular weight excluding hydrogens is 405 g/mol. The second-order valence-corrected chi connectivity index (χ2v) is 6.14. The third-order valence-electron chi connectivity index (χ3n) is 4.06. The fourth-order valence-electron chi connectivity index (χ4n) is 2.44. The lowest BCUT2D eigenvalue weighted by atomic mass is 9.93. The van der Waals surface area contributed by atoms with Gasteiger partial charge >= 0.3 is 0 Å². The zero-order valence-electron chi connectivity index (χ0n) is 14.4. The molecule has 1 aromatic carbocycles. The first-order valence-electron chi connectivity index (χ1n) is 7.77. The highest BCUT2D eigenvalue weighted by Gasteiger charge is 2.21. The number of benzene rings is 1. The number of hydrogen-bond donors (Lipinski definition) is 2. The molecule has 0 amide bonds. The molecule has 0 saturated heterocycles. The largest absolute Gasteiger partial charge is 0.493 e. The number of rotatable bonds is 5. The Labute approximate surface area is 156 Å². The van der Waals surface area contributed by atoms with Gasteiger partial charge < -0.3 is 20.1 Å². The van der Waals surface area contributed by atoms with Crippen LogP contribution in [-0.4, -0.2) is 45.4 Å². The second kappa shape index (κ2) is 9.32. The van der Waals surface area contributed by atoms with E-state index in [0.717, 1.165) is 31.3 Å². The minimum absolute atomic E-state index is 0. The van der Waals surface area contributed by atoms with Crippen LogP contribution in [0.2, 0.25) is 0 Å². The van der Waals surface area contributed by atoms with Crippen molar-refractivity contribution in [3.05, 3.63) is 29.8 Å². The molecule has 0 bridgehead atoms. The third kappa shape index (κ3) is 5.84. The summed E-state index contributed by atoms with van der Waals surface area (Å²) in [6, 6.07) is 8.26. The average molecular weight is 433 g/mol. The molecule has 1 atom stereocenters. The molecule has 0 fully saturated rings. The Morgan fingerprint density at radius 1 is 1.35 bits per heavy atom. The first-order valence-corrected chi connectivity index (χ1v) is 7.77. The van der Waals surface area contributed by atoms with Crippen LogP contribution in [0.4, 0.5) is 0 Å². The molecule has 0 aliphatic carbocycles. The van der Waals surface area contributed by atoms with Crippen LogP contribution in [0.3, 0.4) is 0 Å². The summed E-state index contributed by atoms with van der Waals surface area (Å²) in [5.74, 6) is 2.25. The molecule has 5 nitrogen and oxygen atoms in total. The van der Waals surface area contributed by atoms with E-state index in [4.69, 9.17) is 9.47 Å². The molecule has 2 N–H and O–H groups in total. The maximum absolute atomic E-state index is 5.70. The average Bonchev–Trinajstić information content (AvgIpc) is 2.55. The Morgan fingerprint density at radius 2 is 2.09 bits per heavy atom. The Bertz CT molecular complexity index is 520. The fraction of sp³-hybridized carbons (Fsp3) is 0.588. The van der Waals surface area contributed by atoms with Crippen LogP contribution in [0.25, 0.3) is 0 Å². The zero-order valence-corrected chi connectivity index (χ0v) is 16.7. The van der Waals surface area contributed by atoms with Crippen molar-refractivity contribution >= 4 is 29.9 Å². The molecular formula is C17H28IN3O2. The highest BCUT2D eigenvalue weighted by molar-refractivity contribution is 14.0. The van der Waals surface area contributed by atoms with Crippen molar-refractivity contribution in [2.75, 3.05) is 33.9 Å². The SMILES string of the molecule is CN=C(NCC1CCOc2ccccc21)NCC(C)(C)OC.I. The van der Waals surface area contributed by atoms with Crippen LogP contribution >= 0.6 is 24.0 Å². The highest BCUT2D eigenvalue weighted by Crippen LogP contribution is 2.32. The summed E-state index contributed by atoms with van der Waals surface area (Å²) in [5.41, 5.74) is 1.05. The predicted octanol–water partition coefficient (Wildman–Crippen LogP) is 2.76. The smallest absolute Gasteiger partial charge is 0.191 e. The van der Waals surface area contributed by atoms with E-state index in [2.05, 4.69) is 27.8 Å². The molecule has 0 radical (unpaired) electrons. The number of halogens is 1. The maximum Gasteiger partial charge on any atom is 0.191 e. The third-order valence-corrected chi connectivity index (χ3v) is 4.06. The van der Waals surface area contributed by atoms with Crippen LogP contribution in [0.15, 0.2) is 29.3 Å². The summed E-state index contributed by atoms with van der Waals surface area (Å²) in [5, 5.41) is 6.71. The minimum Gasteiger partial charge on any atom is -0.493 e. The molecule has 0 aromatic heterocycles. The number of aliphatic imine (C=N–C) groups is 1. The van der Waals surface area contributed by atoms with E-state index < -0.39 is 0 Å². The summed E-state index contributed by atoms with van der Waals surface area (Å²) >= 11 is 0. The molecule has 1 aromatic rings. The lowest BCUT2D eigenvalue weighted by molar-refractivity contribution is 0.0268. The number of methoxy groups -OCH3 is 1. The van der Waals surface area contributed by atoms with E-state index in [0.29, 0.717) is 12.5 Å². The fourth-order valence-corrected chi connectivity index (χ4v) is 2.44. The van der Waals surface area contributed by atoms with Gasteiger partial charge in [0.15, 0.2) is 5.96 Å². The van der Waals surface area contributed by atoms with Gasteiger partial charge in [-0.2, -0.15) is 0 Å². The molecule has 6 heteroatoms. The van der Waals surface area contributed by atoms with Gasteiger partial charge in [-0.1, -0.05) is 18.2 Å². The van der Waals surface area contributed by atoms with Gasteiger partial charge in [0, 0.05) is 33.2 Å². The number of para-hydroxylation sites is 1. The number of hydrogen-bond acceptors (Lipinski definition) is 3. The normalized spacial score (nSPS) is 17.6. The van der Waals surface area contributed by atoms with Crippen molar-refractivity contribution < 1.29 is 9.47 Å². The van der Waals surface area contributed by atoms with Gasteiger partial charge in [-0.15, -0.1) is 24.0 Å². The Kier molecular flexibility index (Phi) is 8.11. The Balaban J connectivity index is 0.00000264. The zero-order chi connectivity index (χ0) is 16.0. The van der Waals surface area contributed by atoms with Crippen LogP contribution in [0, 0.1) is 0 Å². The number of ether oxygens (including phenoxy) is 2. The van der Waals surface area contributed by atoms with E-state index in [1.165, 1.54) is 5.56 Å². The van der Waals surface area contributed by atoms with E-state index in [9.17, 15) is 0 Å². The molecule has 1 unspecified atom stereocenters. The van der Waals surface area contributed by atoms with Crippen LogP contribution in [0.5, 0.6) is 5.75 Å². The molecule has 1 heterocycles. The van der Waals surface area contributed by atoms with Gasteiger partial charge in [-0.05, 0) is 31.9 Å². The predicted molar refractivity (Wildman–Crippen MR) is 105 cm³/mol. The van der Waals surface area contributed by atoms with Gasteiger partial charge in [0.05, 0.1) is 12.2 Å². The summed E-state index contributed by atoms with van der Waals surface area (Å²) in [7, 11) is 3.50. The summed E-state index contributed by atoms with van der Waals surface area (Å²) in [6.07, 6.45) is 1.02. The quantitative estimate of drug-likeness (QED) is 0.426. The van der Waals surface area contributed by atoms with E-state index in [1.807, 2.05) is 26.0 Å². The van der Waals surface area contributed by atoms with Crippen molar-refractivity contribution in [3.8, 4) is 5.75 Å². The summed E-state index contributed by atoms with van der Waals surface area (Å²) in [6.45, 7) is 6.40. The van der Waals surface area contributed by atoms with Crippen molar-refractivity contribution in [2.24, 2.45) is 4.99 Å². The van der Waals surface area contributed by atoms with Crippen molar-refractivity contribution in [1.82, 2.24) is 10.6 Å². The second-order valence-electron chi connectivity index (χ2n) is 6.14. The van der Waals surface area contributed by atoms with Crippen molar-refractivity contribution in [2.45, 2.75) is 31.8 Å². The molecule has 130 valence electrons. The van der Waals surface area contributed by atoms with E-state index in [-0.39, 0.29) is 29.6 Å². The van der Waals surface area contributed by atoms with Crippen LogP contribution < -0.4 is 15.4 Å². The van der Waals surface area contributed by atoms with Gasteiger partial charge in [-0.3, -0.25) is 4.99 Å². The summed E-state index contributed by atoms with van der Waals surface area (Å²) < 4.78 is 11.1. The van der Waals surface area contributed by atoms with Crippen LogP contribution in [-0.2, 0) is 4.74 Å². The molecule has 0 saturated carbocycles. The Morgan fingerprint density at radius 3 is 2.78 bits per heavy atom. The Hall–Kier alpha value is -1.02.